The highest BCUT2D eigenvalue weighted by molar-refractivity contribution is 6.10. The van der Waals surface area contributed by atoms with Gasteiger partial charge in [0.15, 0.2) is 0 Å². The topological polar surface area (TPSA) is 307 Å². The second-order valence-electron chi connectivity index (χ2n) is 29.9. The van der Waals surface area contributed by atoms with E-state index in [0.717, 1.165) is 65.3 Å². The minimum Gasteiger partial charge on any atom is -0.493 e. The lowest BCUT2D eigenvalue weighted by Crippen LogP contribution is -2.47. The van der Waals surface area contributed by atoms with Gasteiger partial charge in [-0.3, -0.25) is 40.8 Å². The molecule has 6 amide bonds. The lowest BCUT2D eigenvalue weighted by molar-refractivity contribution is -0.149. The molecular weight excluding hydrogens is 1380 g/mol. The van der Waals surface area contributed by atoms with Crippen LogP contribution in [0.4, 0.5) is 19.2 Å². The fraction of sp³-hybridized carbons (Fsp3) is 0.405. The van der Waals surface area contributed by atoms with Crippen LogP contribution in [0.25, 0.3) is 54.2 Å². The summed E-state index contributed by atoms with van der Waals surface area (Å²) in [6.45, 7) is 20.8. The van der Waals surface area contributed by atoms with E-state index >= 15 is 0 Å². The average molecular weight is 1480 g/mol. The van der Waals surface area contributed by atoms with Crippen molar-refractivity contribution in [3.05, 3.63) is 169 Å². The molecule has 0 fully saturated rings. The van der Waals surface area contributed by atoms with Crippen molar-refractivity contribution < 1.29 is 76.3 Å². The van der Waals surface area contributed by atoms with Gasteiger partial charge in [-0.25, -0.2) is 28.8 Å². The molecule has 0 unspecified atom stereocenters. The molecule has 6 N–H and O–H groups in total. The molecule has 0 spiro atoms. The number of unbranched alkanes of at least 4 members (excludes halogenated alkanes) is 2. The average Bonchev–Trinajstić information content (AvgIpc) is 0.753. The zero-order chi connectivity index (χ0) is 78.0. The number of alkyl carbamates (subject to hydrolysis) is 4. The number of rotatable bonds is 29. The van der Waals surface area contributed by atoms with E-state index in [9.17, 15) is 38.4 Å². The molecule has 8 rings (SSSR count). The molecular formula is C84H102N8O16. The number of nitrogens with one attached hydrogen (secondary N) is 6. The van der Waals surface area contributed by atoms with E-state index in [-0.39, 0.29) is 90.0 Å². The normalized spacial score (nSPS) is 12.1. The van der Waals surface area contributed by atoms with E-state index in [4.69, 9.17) is 37.9 Å². The second-order valence-corrected chi connectivity index (χ2v) is 29.9. The van der Waals surface area contributed by atoms with Crippen LogP contribution in [-0.4, -0.2) is 121 Å². The Morgan fingerprint density at radius 1 is 0.352 bits per heavy atom. The number of hydrogen-bond donors (Lipinski definition) is 6. The van der Waals surface area contributed by atoms with Gasteiger partial charge in [-0.15, -0.1) is 0 Å². The summed E-state index contributed by atoms with van der Waals surface area (Å²) in [6, 6.07) is 48.5. The van der Waals surface area contributed by atoms with Crippen molar-refractivity contribution in [3.63, 3.8) is 0 Å². The van der Waals surface area contributed by atoms with Gasteiger partial charge in [0.2, 0.25) is 23.7 Å². The van der Waals surface area contributed by atoms with Crippen LogP contribution in [0.3, 0.4) is 0 Å². The van der Waals surface area contributed by atoms with Gasteiger partial charge in [-0.05, 0) is 201 Å². The molecule has 0 aliphatic heterocycles. The van der Waals surface area contributed by atoms with Crippen molar-refractivity contribution in [2.45, 2.75) is 195 Å². The van der Waals surface area contributed by atoms with Crippen molar-refractivity contribution in [1.82, 2.24) is 31.9 Å². The van der Waals surface area contributed by atoms with Gasteiger partial charge in [0.1, 0.15) is 59.2 Å². The Bertz CT molecular complexity index is 4170. The number of esters is 2. The van der Waals surface area contributed by atoms with Crippen LogP contribution in [0.5, 0.6) is 11.5 Å². The molecule has 2 atom stereocenters. The predicted octanol–water partition coefficient (Wildman–Crippen LogP) is 15.9. The number of fused-ring (bicyclic) bond motifs is 4. The molecule has 0 radical (unpaired) electrons. The van der Waals surface area contributed by atoms with E-state index in [0.29, 0.717) is 37.2 Å². The number of amides is 6. The van der Waals surface area contributed by atoms with Gasteiger partial charge in [0.05, 0.1) is 13.2 Å². The Morgan fingerprint density at radius 2 is 0.657 bits per heavy atom. The predicted molar refractivity (Wildman–Crippen MR) is 417 cm³/mol. The molecule has 0 saturated heterocycles. The Hall–Kier alpha value is -11.3. The summed E-state index contributed by atoms with van der Waals surface area (Å²) in [6.07, 6.45) is -1.01. The van der Waals surface area contributed by atoms with Crippen LogP contribution >= 0.6 is 0 Å². The summed E-state index contributed by atoms with van der Waals surface area (Å²) in [7, 11) is 0. The highest BCUT2D eigenvalue weighted by Gasteiger charge is 2.28. The third-order valence-corrected chi connectivity index (χ3v) is 16.2. The molecule has 108 heavy (non-hydrogen) atoms. The summed E-state index contributed by atoms with van der Waals surface area (Å²) in [5.41, 5.74) is -0.242. The van der Waals surface area contributed by atoms with Crippen molar-refractivity contribution in [2.75, 3.05) is 26.3 Å². The lowest BCUT2D eigenvalue weighted by Gasteiger charge is -2.22. The highest BCUT2D eigenvalue weighted by Crippen LogP contribution is 2.46. The van der Waals surface area contributed by atoms with Crippen LogP contribution in [0, 0.1) is 0 Å². The van der Waals surface area contributed by atoms with E-state index in [1.54, 1.807) is 83.1 Å². The Labute approximate surface area is 631 Å². The SMILES string of the molecule is CC(C)(C)OC(=O)NC(=NCCCC[C@@H](NC(=O)CCCOc1ccc2ccccc2c1-c1c(OCCCC(=O)N[C@H](CCCCN=C(NC(=O)OC(C)(C)C)NC(=O)OC(C)(C)C)C(=O)OCc2cccc3ccccc23)ccc2ccccc12)C(=O)OCc1cccc2ccccc12)NC(=O)OC(C)(C)C. The molecule has 0 aliphatic rings. The van der Waals surface area contributed by atoms with E-state index in [2.05, 4.69) is 41.9 Å². The quantitative estimate of drug-likeness (QED) is 0.00834. The minimum absolute atomic E-state index is 0.0112. The fourth-order valence-electron chi connectivity index (χ4n) is 11.6. The molecule has 8 aromatic carbocycles. The number of benzene rings is 8. The summed E-state index contributed by atoms with van der Waals surface area (Å²) in [4.78, 5) is 116. The molecule has 0 bridgehead atoms. The molecule has 24 nitrogen and oxygen atoms in total. The van der Waals surface area contributed by atoms with Gasteiger partial charge in [0, 0.05) is 37.1 Å². The molecule has 0 heterocycles. The first-order valence-corrected chi connectivity index (χ1v) is 36.6. The number of carbonyl (C=O) groups excluding carboxylic acids is 8. The zero-order valence-electron chi connectivity index (χ0n) is 63.9. The second kappa shape index (κ2) is 38.8. The van der Waals surface area contributed by atoms with Crippen molar-refractivity contribution >= 4 is 103 Å². The van der Waals surface area contributed by atoms with Gasteiger partial charge in [-0.1, -0.05) is 146 Å². The summed E-state index contributed by atoms with van der Waals surface area (Å²) < 4.78 is 46.8. The van der Waals surface area contributed by atoms with Crippen molar-refractivity contribution in [3.8, 4) is 22.6 Å². The summed E-state index contributed by atoms with van der Waals surface area (Å²) in [5, 5.41) is 23.2. The first-order valence-electron chi connectivity index (χ1n) is 36.6. The standard InChI is InChI=1S/C84H102N8O16/c1-81(2,3)105-77(97)89-75(90-78(98)106-82(4,5)6)85-49-23-21-41-65(73(95)103-53-59-35-25-33-55-29-13-17-37-61(55)59)87-69(93)43-27-51-101-67-47-45-57-31-15-19-39-63(57)71(67)72-64-40-20-16-32-58(64)46-48-68(72)102-52-28-44-70(94)88-66(74(96)104-54-60-36-26-34-56-30-14-18-38-62(56)60)42-22-24-50-86-76(91-79(99)107-83(7,8)9)92-80(100)108-84(10,11)12/h13-20,25-26,29-40,45-48,65-66H,21-24,27-28,41-44,49-54H2,1-12H3,(H,87,93)(H,88,94)(H2,85,89,90,97,98)(H2,86,91,92,99,100)/t65-,66-/m1/s1. The van der Waals surface area contributed by atoms with Crippen LogP contribution in [-0.2, 0) is 60.8 Å². The van der Waals surface area contributed by atoms with Gasteiger partial charge >= 0.3 is 36.3 Å². The number of carbonyl (C=O) groups is 8. The molecule has 8 aromatic rings. The lowest BCUT2D eigenvalue weighted by atomic mass is 9.92. The first kappa shape index (κ1) is 82.4. The number of nitrogens with zero attached hydrogens (tertiary/aromatic N) is 2. The third-order valence-electron chi connectivity index (χ3n) is 16.2. The van der Waals surface area contributed by atoms with E-state index < -0.39 is 82.6 Å². The van der Waals surface area contributed by atoms with Crippen LogP contribution in [0.2, 0.25) is 0 Å². The first-order chi connectivity index (χ1) is 51.3. The van der Waals surface area contributed by atoms with E-state index in [1.165, 1.54) is 0 Å². The summed E-state index contributed by atoms with van der Waals surface area (Å²) in [5.74, 6) is -1.38. The smallest absolute Gasteiger partial charge is 0.414 e. The maximum Gasteiger partial charge on any atom is 0.414 e. The van der Waals surface area contributed by atoms with Gasteiger partial charge in [0.25, 0.3) is 0 Å². The number of aliphatic imine (C=N–C) groups is 2. The zero-order valence-corrected chi connectivity index (χ0v) is 63.9. The minimum atomic E-state index is -1.05. The van der Waals surface area contributed by atoms with Gasteiger partial charge in [-0.2, -0.15) is 0 Å². The molecule has 24 heteroatoms. The molecule has 0 aromatic heterocycles. The fourth-order valence-corrected chi connectivity index (χ4v) is 11.6. The number of guanidine groups is 2. The monoisotopic (exact) mass is 1480 g/mol. The summed E-state index contributed by atoms with van der Waals surface area (Å²) >= 11 is 0. The highest BCUT2D eigenvalue weighted by atomic mass is 16.6. The molecule has 574 valence electrons. The van der Waals surface area contributed by atoms with Crippen LogP contribution in [0.1, 0.15) is 158 Å². The largest absolute Gasteiger partial charge is 0.493 e. The van der Waals surface area contributed by atoms with Gasteiger partial charge < -0.3 is 48.5 Å². The third kappa shape index (κ3) is 27.2. The van der Waals surface area contributed by atoms with Crippen LogP contribution < -0.4 is 41.4 Å². The van der Waals surface area contributed by atoms with Crippen molar-refractivity contribution in [2.24, 2.45) is 9.98 Å². The number of ether oxygens (including phenoxy) is 8. The van der Waals surface area contributed by atoms with E-state index in [1.807, 2.05) is 158 Å². The Balaban J connectivity index is 0.935. The molecule has 0 aliphatic carbocycles. The maximum atomic E-state index is 14.1. The maximum absolute atomic E-state index is 14.1. The Kier molecular flexibility index (Phi) is 29.6. The molecule has 0 saturated carbocycles. The van der Waals surface area contributed by atoms with Crippen molar-refractivity contribution in [1.29, 1.82) is 0 Å². The Morgan fingerprint density at radius 3 is 0.991 bits per heavy atom. The number of hydrogen-bond acceptors (Lipinski definition) is 18. The van der Waals surface area contributed by atoms with Crippen LogP contribution in [0.15, 0.2) is 168 Å².